The number of benzene rings is 1. The molecule has 0 saturated heterocycles. The largest absolute Gasteiger partial charge is 0.487 e. The van der Waals surface area contributed by atoms with Gasteiger partial charge in [-0.2, -0.15) is 0 Å². The predicted octanol–water partition coefficient (Wildman–Crippen LogP) is 3.56. The van der Waals surface area contributed by atoms with E-state index >= 15 is 0 Å². The molecule has 16 heavy (non-hydrogen) atoms. The topological polar surface area (TPSA) is 22.1 Å². The van der Waals surface area contributed by atoms with E-state index in [9.17, 15) is 0 Å². The summed E-state index contributed by atoms with van der Waals surface area (Å²) in [7, 11) is 0. The molecule has 0 unspecified atom stereocenters. The van der Waals surface area contributed by atoms with Crippen LogP contribution < -0.4 is 4.74 Å². The Morgan fingerprint density at radius 3 is 2.50 bits per heavy atom. The number of rotatable bonds is 4. The van der Waals surface area contributed by atoms with E-state index in [0.717, 1.165) is 22.3 Å². The highest BCUT2D eigenvalue weighted by molar-refractivity contribution is 9.08. The van der Waals surface area contributed by atoms with Gasteiger partial charge < -0.3 is 4.74 Å². The Morgan fingerprint density at radius 2 is 1.88 bits per heavy atom. The van der Waals surface area contributed by atoms with E-state index in [1.807, 2.05) is 42.5 Å². The van der Waals surface area contributed by atoms with Gasteiger partial charge in [0.25, 0.3) is 0 Å². The van der Waals surface area contributed by atoms with E-state index in [2.05, 4.69) is 20.9 Å². The first-order valence-electron chi connectivity index (χ1n) is 5.06. The summed E-state index contributed by atoms with van der Waals surface area (Å²) in [5, 5.41) is 0.770. The van der Waals surface area contributed by atoms with Crippen molar-refractivity contribution < 1.29 is 4.74 Å². The van der Waals surface area contributed by atoms with E-state index in [0.29, 0.717) is 6.61 Å². The van der Waals surface area contributed by atoms with Gasteiger partial charge in [-0.05, 0) is 17.7 Å². The molecule has 0 aliphatic carbocycles. The second-order valence-corrected chi connectivity index (χ2v) is 3.95. The summed E-state index contributed by atoms with van der Waals surface area (Å²) in [5.74, 6) is 0.800. The Labute approximate surface area is 103 Å². The maximum Gasteiger partial charge on any atom is 0.138 e. The summed E-state index contributed by atoms with van der Waals surface area (Å²) in [6.45, 7) is 0.580. The van der Waals surface area contributed by atoms with Crippen molar-refractivity contribution in [2.45, 2.75) is 11.9 Å². The average Bonchev–Trinajstić information content (AvgIpc) is 2.38. The zero-order valence-corrected chi connectivity index (χ0v) is 10.4. The standard InChI is InChI=1S/C13H12BrNO/c14-8-12-6-7-13(9-15-12)16-10-11-4-2-1-3-5-11/h1-7,9H,8,10H2. The summed E-state index contributed by atoms with van der Waals surface area (Å²) in [6.07, 6.45) is 1.75. The molecule has 0 radical (unpaired) electrons. The first kappa shape index (κ1) is 11.1. The van der Waals surface area contributed by atoms with Gasteiger partial charge in [-0.15, -0.1) is 0 Å². The summed E-state index contributed by atoms with van der Waals surface area (Å²) in [5.41, 5.74) is 2.17. The number of halogens is 1. The number of hydrogen-bond donors (Lipinski definition) is 0. The lowest BCUT2D eigenvalue weighted by Gasteiger charge is -2.05. The van der Waals surface area contributed by atoms with Crippen molar-refractivity contribution in [3.8, 4) is 5.75 Å². The van der Waals surface area contributed by atoms with Gasteiger partial charge in [0, 0.05) is 5.33 Å². The molecule has 0 amide bonds. The molecule has 0 spiro atoms. The van der Waals surface area contributed by atoms with Crippen LogP contribution in [-0.4, -0.2) is 4.98 Å². The molecule has 3 heteroatoms. The molecule has 0 aliphatic heterocycles. The molecular weight excluding hydrogens is 266 g/mol. The minimum atomic E-state index is 0.580. The maximum absolute atomic E-state index is 5.61. The van der Waals surface area contributed by atoms with Crippen LogP contribution in [0.15, 0.2) is 48.7 Å². The maximum atomic E-state index is 5.61. The van der Waals surface area contributed by atoms with Crippen molar-refractivity contribution in [2.75, 3.05) is 0 Å². The van der Waals surface area contributed by atoms with Crippen LogP contribution in [-0.2, 0) is 11.9 Å². The average molecular weight is 278 g/mol. The van der Waals surface area contributed by atoms with Crippen LogP contribution in [0.3, 0.4) is 0 Å². The van der Waals surface area contributed by atoms with Crippen LogP contribution in [0.25, 0.3) is 0 Å². The molecule has 0 atom stereocenters. The molecule has 2 rings (SSSR count). The highest BCUT2D eigenvalue weighted by Crippen LogP contribution is 2.12. The summed E-state index contributed by atoms with van der Waals surface area (Å²) < 4.78 is 5.61. The van der Waals surface area contributed by atoms with E-state index < -0.39 is 0 Å². The highest BCUT2D eigenvalue weighted by Gasteiger charge is 1.96. The third-order valence-corrected chi connectivity index (χ3v) is 2.76. The van der Waals surface area contributed by atoms with Gasteiger partial charge in [0.15, 0.2) is 0 Å². The molecular formula is C13H12BrNO. The lowest BCUT2D eigenvalue weighted by Crippen LogP contribution is -1.95. The molecule has 1 aromatic heterocycles. The van der Waals surface area contributed by atoms with Crippen molar-refractivity contribution in [1.82, 2.24) is 4.98 Å². The van der Waals surface area contributed by atoms with E-state index in [4.69, 9.17) is 4.74 Å². The molecule has 0 fully saturated rings. The monoisotopic (exact) mass is 277 g/mol. The van der Waals surface area contributed by atoms with Crippen LogP contribution in [0.5, 0.6) is 5.75 Å². The second kappa shape index (κ2) is 5.66. The van der Waals surface area contributed by atoms with Crippen molar-refractivity contribution >= 4 is 15.9 Å². The highest BCUT2D eigenvalue weighted by atomic mass is 79.9. The van der Waals surface area contributed by atoms with Gasteiger partial charge in [0.05, 0.1) is 11.9 Å². The van der Waals surface area contributed by atoms with Crippen LogP contribution in [0.2, 0.25) is 0 Å². The first-order chi connectivity index (χ1) is 7.88. The molecule has 2 aromatic rings. The zero-order chi connectivity index (χ0) is 11.2. The molecule has 2 nitrogen and oxygen atoms in total. The second-order valence-electron chi connectivity index (χ2n) is 3.39. The first-order valence-corrected chi connectivity index (χ1v) is 6.18. The molecule has 1 aromatic carbocycles. The lowest BCUT2D eigenvalue weighted by molar-refractivity contribution is 0.305. The fourth-order valence-corrected chi connectivity index (χ4v) is 1.65. The molecule has 0 aliphatic rings. The van der Waals surface area contributed by atoms with Gasteiger partial charge in [-0.3, -0.25) is 4.98 Å². The Balaban J connectivity index is 1.94. The third kappa shape index (κ3) is 3.07. The SMILES string of the molecule is BrCc1ccc(OCc2ccccc2)cn1. The molecule has 0 bridgehead atoms. The van der Waals surface area contributed by atoms with Gasteiger partial charge in [0.2, 0.25) is 0 Å². The normalized spacial score (nSPS) is 10.1. The predicted molar refractivity (Wildman–Crippen MR) is 67.6 cm³/mol. The quantitative estimate of drug-likeness (QED) is 0.798. The van der Waals surface area contributed by atoms with E-state index in [1.165, 1.54) is 0 Å². The molecule has 1 heterocycles. The molecule has 0 saturated carbocycles. The van der Waals surface area contributed by atoms with Crippen LogP contribution in [0, 0.1) is 0 Å². The Kier molecular flexibility index (Phi) is 3.94. The number of hydrogen-bond acceptors (Lipinski definition) is 2. The van der Waals surface area contributed by atoms with E-state index in [1.54, 1.807) is 6.20 Å². The smallest absolute Gasteiger partial charge is 0.138 e. The fraction of sp³-hybridized carbons (Fsp3) is 0.154. The van der Waals surface area contributed by atoms with E-state index in [-0.39, 0.29) is 0 Å². The minimum absolute atomic E-state index is 0.580. The van der Waals surface area contributed by atoms with Crippen molar-refractivity contribution in [1.29, 1.82) is 0 Å². The molecule has 0 N–H and O–H groups in total. The van der Waals surface area contributed by atoms with Gasteiger partial charge in [-0.25, -0.2) is 0 Å². The van der Waals surface area contributed by atoms with Crippen molar-refractivity contribution in [3.05, 3.63) is 59.9 Å². The number of ether oxygens (including phenoxy) is 1. The lowest BCUT2D eigenvalue weighted by atomic mass is 10.2. The van der Waals surface area contributed by atoms with Gasteiger partial charge >= 0.3 is 0 Å². The number of aromatic nitrogens is 1. The summed E-state index contributed by atoms with van der Waals surface area (Å²) in [4.78, 5) is 4.24. The van der Waals surface area contributed by atoms with Gasteiger partial charge in [0.1, 0.15) is 12.4 Å². The Morgan fingerprint density at radius 1 is 1.06 bits per heavy atom. The summed E-state index contributed by atoms with van der Waals surface area (Å²) >= 11 is 3.35. The Bertz CT molecular complexity index is 427. The van der Waals surface area contributed by atoms with Crippen LogP contribution >= 0.6 is 15.9 Å². The third-order valence-electron chi connectivity index (χ3n) is 2.18. The number of alkyl halides is 1. The van der Waals surface area contributed by atoms with Gasteiger partial charge in [-0.1, -0.05) is 46.3 Å². The van der Waals surface area contributed by atoms with Crippen LogP contribution in [0.4, 0.5) is 0 Å². The van der Waals surface area contributed by atoms with Crippen molar-refractivity contribution in [3.63, 3.8) is 0 Å². The fourth-order valence-electron chi connectivity index (χ4n) is 1.32. The van der Waals surface area contributed by atoms with Crippen molar-refractivity contribution in [2.24, 2.45) is 0 Å². The Hall–Kier alpha value is -1.35. The number of nitrogens with zero attached hydrogens (tertiary/aromatic N) is 1. The summed E-state index contributed by atoms with van der Waals surface area (Å²) in [6, 6.07) is 14.0. The minimum Gasteiger partial charge on any atom is -0.487 e. The zero-order valence-electron chi connectivity index (χ0n) is 8.77. The number of pyridine rings is 1. The molecule has 82 valence electrons. The van der Waals surface area contributed by atoms with Crippen LogP contribution in [0.1, 0.15) is 11.3 Å².